The molecule has 4 heteroatoms. The third-order valence-corrected chi connectivity index (χ3v) is 4.14. The van der Waals surface area contributed by atoms with Gasteiger partial charge in [-0.25, -0.2) is 0 Å². The molecule has 0 fully saturated rings. The molecule has 3 nitrogen and oxygen atoms in total. The number of halogens is 1. The van der Waals surface area contributed by atoms with Gasteiger partial charge in [-0.3, -0.25) is 0 Å². The van der Waals surface area contributed by atoms with E-state index in [-0.39, 0.29) is 6.04 Å². The van der Waals surface area contributed by atoms with Crippen LogP contribution in [0.1, 0.15) is 22.7 Å². The fourth-order valence-corrected chi connectivity index (χ4v) is 3.06. The van der Waals surface area contributed by atoms with Gasteiger partial charge in [0, 0.05) is 17.1 Å². The Morgan fingerprint density at radius 3 is 2.67 bits per heavy atom. The number of hydrogen-bond donors (Lipinski definition) is 1. The summed E-state index contributed by atoms with van der Waals surface area (Å²) in [6.45, 7) is 0.917. The standard InChI is InChI=1S/C17H18ClNO2/c1-20-13-4-5-14-11(9-13)7-8-19-17(14)15-10-12(18)3-6-16(15)21-2/h3-6,9-10,17,19H,7-8H2,1-2H3. The minimum Gasteiger partial charge on any atom is -0.497 e. The first-order valence-corrected chi connectivity index (χ1v) is 7.34. The lowest BCUT2D eigenvalue weighted by Gasteiger charge is -2.29. The molecule has 0 aliphatic carbocycles. The summed E-state index contributed by atoms with van der Waals surface area (Å²) >= 11 is 6.16. The van der Waals surface area contributed by atoms with Crippen LogP contribution >= 0.6 is 11.6 Å². The number of nitrogens with one attached hydrogen (secondary N) is 1. The Kier molecular flexibility index (Phi) is 4.04. The molecule has 0 saturated heterocycles. The molecule has 1 aliphatic rings. The summed E-state index contributed by atoms with van der Waals surface area (Å²) in [6, 6.07) is 12.0. The van der Waals surface area contributed by atoms with Crippen molar-refractivity contribution in [3.8, 4) is 11.5 Å². The molecule has 1 heterocycles. The Labute approximate surface area is 129 Å². The van der Waals surface area contributed by atoms with Crippen LogP contribution < -0.4 is 14.8 Å². The first-order chi connectivity index (χ1) is 10.2. The molecule has 0 spiro atoms. The Balaban J connectivity index is 2.08. The minimum atomic E-state index is 0.0910. The lowest BCUT2D eigenvalue weighted by atomic mass is 9.89. The van der Waals surface area contributed by atoms with Crippen LogP contribution in [0.5, 0.6) is 11.5 Å². The molecule has 0 radical (unpaired) electrons. The van der Waals surface area contributed by atoms with Gasteiger partial charge in [0.1, 0.15) is 11.5 Å². The van der Waals surface area contributed by atoms with Gasteiger partial charge < -0.3 is 14.8 Å². The molecule has 1 aliphatic heterocycles. The molecule has 110 valence electrons. The highest BCUT2D eigenvalue weighted by molar-refractivity contribution is 6.30. The Bertz CT molecular complexity index is 657. The summed E-state index contributed by atoms with van der Waals surface area (Å²) in [5.41, 5.74) is 3.62. The van der Waals surface area contributed by atoms with E-state index in [0.717, 1.165) is 30.0 Å². The van der Waals surface area contributed by atoms with Crippen molar-refractivity contribution >= 4 is 11.6 Å². The van der Waals surface area contributed by atoms with E-state index in [2.05, 4.69) is 17.4 Å². The van der Waals surface area contributed by atoms with Crippen molar-refractivity contribution in [1.82, 2.24) is 5.32 Å². The van der Waals surface area contributed by atoms with E-state index >= 15 is 0 Å². The monoisotopic (exact) mass is 303 g/mol. The van der Waals surface area contributed by atoms with Crippen LogP contribution in [-0.2, 0) is 6.42 Å². The van der Waals surface area contributed by atoms with Crippen LogP contribution in [0.15, 0.2) is 36.4 Å². The molecule has 0 bridgehead atoms. The number of benzene rings is 2. The van der Waals surface area contributed by atoms with Crippen molar-refractivity contribution in [3.05, 3.63) is 58.1 Å². The van der Waals surface area contributed by atoms with E-state index < -0.39 is 0 Å². The highest BCUT2D eigenvalue weighted by Gasteiger charge is 2.24. The van der Waals surface area contributed by atoms with Gasteiger partial charge in [0.2, 0.25) is 0 Å². The van der Waals surface area contributed by atoms with Crippen LogP contribution in [0.4, 0.5) is 0 Å². The van der Waals surface area contributed by atoms with Crippen molar-refractivity contribution in [2.75, 3.05) is 20.8 Å². The number of rotatable bonds is 3. The zero-order valence-electron chi connectivity index (χ0n) is 12.2. The lowest BCUT2D eigenvalue weighted by Crippen LogP contribution is -2.30. The Morgan fingerprint density at radius 1 is 1.05 bits per heavy atom. The SMILES string of the molecule is COc1ccc2c(c1)CCNC2c1cc(Cl)ccc1OC. The average Bonchev–Trinajstić information content (AvgIpc) is 2.53. The quantitative estimate of drug-likeness (QED) is 0.940. The minimum absolute atomic E-state index is 0.0910. The second-order valence-corrected chi connectivity index (χ2v) is 5.52. The molecule has 0 amide bonds. The van der Waals surface area contributed by atoms with Crippen molar-refractivity contribution in [2.45, 2.75) is 12.5 Å². The second-order valence-electron chi connectivity index (χ2n) is 5.09. The molecule has 3 rings (SSSR count). The molecule has 1 atom stereocenters. The van der Waals surface area contributed by atoms with E-state index in [1.165, 1.54) is 11.1 Å². The topological polar surface area (TPSA) is 30.5 Å². The normalized spacial score (nSPS) is 17.2. The molecule has 2 aromatic carbocycles. The highest BCUT2D eigenvalue weighted by Crippen LogP contribution is 2.36. The summed E-state index contributed by atoms with van der Waals surface area (Å²) in [5.74, 6) is 1.74. The number of methoxy groups -OCH3 is 2. The van der Waals surface area contributed by atoms with E-state index in [4.69, 9.17) is 21.1 Å². The zero-order chi connectivity index (χ0) is 14.8. The molecule has 1 unspecified atom stereocenters. The first-order valence-electron chi connectivity index (χ1n) is 6.96. The number of fused-ring (bicyclic) bond motifs is 1. The molecule has 21 heavy (non-hydrogen) atoms. The predicted octanol–water partition coefficient (Wildman–Crippen LogP) is 3.59. The molecular formula is C17H18ClNO2. The third kappa shape index (κ3) is 2.71. The molecule has 0 aromatic heterocycles. The first kappa shape index (κ1) is 14.2. The van der Waals surface area contributed by atoms with Crippen LogP contribution in [-0.4, -0.2) is 20.8 Å². The molecular weight excluding hydrogens is 286 g/mol. The van der Waals surface area contributed by atoms with Gasteiger partial charge >= 0.3 is 0 Å². The molecule has 2 aromatic rings. The van der Waals surface area contributed by atoms with Gasteiger partial charge in [-0.2, -0.15) is 0 Å². The summed E-state index contributed by atoms with van der Waals surface area (Å²) in [6.07, 6.45) is 0.992. The number of hydrogen-bond acceptors (Lipinski definition) is 3. The third-order valence-electron chi connectivity index (χ3n) is 3.91. The molecule has 0 saturated carbocycles. The van der Waals surface area contributed by atoms with Gasteiger partial charge in [0.05, 0.1) is 20.3 Å². The van der Waals surface area contributed by atoms with Gasteiger partial charge in [-0.1, -0.05) is 17.7 Å². The van der Waals surface area contributed by atoms with Gasteiger partial charge in [0.25, 0.3) is 0 Å². The highest BCUT2D eigenvalue weighted by atomic mass is 35.5. The largest absolute Gasteiger partial charge is 0.497 e. The fraction of sp³-hybridized carbons (Fsp3) is 0.294. The maximum atomic E-state index is 6.16. The second kappa shape index (κ2) is 5.96. The zero-order valence-corrected chi connectivity index (χ0v) is 12.9. The van der Waals surface area contributed by atoms with E-state index in [0.29, 0.717) is 5.02 Å². The smallest absolute Gasteiger partial charge is 0.124 e. The van der Waals surface area contributed by atoms with E-state index in [9.17, 15) is 0 Å². The van der Waals surface area contributed by atoms with Crippen LogP contribution in [0, 0.1) is 0 Å². The van der Waals surface area contributed by atoms with Gasteiger partial charge in [-0.05, 0) is 47.9 Å². The summed E-state index contributed by atoms with van der Waals surface area (Å²) in [4.78, 5) is 0. The maximum absolute atomic E-state index is 6.16. The molecule has 1 N–H and O–H groups in total. The fourth-order valence-electron chi connectivity index (χ4n) is 2.88. The average molecular weight is 304 g/mol. The lowest BCUT2D eigenvalue weighted by molar-refractivity contribution is 0.401. The Hall–Kier alpha value is -1.71. The van der Waals surface area contributed by atoms with Crippen molar-refractivity contribution < 1.29 is 9.47 Å². The summed E-state index contributed by atoms with van der Waals surface area (Å²) in [5, 5.41) is 4.27. The van der Waals surface area contributed by atoms with Gasteiger partial charge in [-0.15, -0.1) is 0 Å². The maximum Gasteiger partial charge on any atom is 0.124 e. The van der Waals surface area contributed by atoms with Crippen molar-refractivity contribution in [3.63, 3.8) is 0 Å². The summed E-state index contributed by atoms with van der Waals surface area (Å²) in [7, 11) is 3.38. The number of ether oxygens (including phenoxy) is 2. The van der Waals surface area contributed by atoms with Crippen molar-refractivity contribution in [2.24, 2.45) is 0 Å². The predicted molar refractivity (Wildman–Crippen MR) is 84.5 cm³/mol. The summed E-state index contributed by atoms with van der Waals surface area (Å²) < 4.78 is 10.8. The van der Waals surface area contributed by atoms with E-state index in [1.807, 2.05) is 24.3 Å². The van der Waals surface area contributed by atoms with Crippen LogP contribution in [0.3, 0.4) is 0 Å². The van der Waals surface area contributed by atoms with E-state index in [1.54, 1.807) is 14.2 Å². The van der Waals surface area contributed by atoms with Crippen LogP contribution in [0.2, 0.25) is 5.02 Å². The van der Waals surface area contributed by atoms with Crippen LogP contribution in [0.25, 0.3) is 0 Å². The Morgan fingerprint density at radius 2 is 1.90 bits per heavy atom. The van der Waals surface area contributed by atoms with Crippen molar-refractivity contribution in [1.29, 1.82) is 0 Å². The van der Waals surface area contributed by atoms with Gasteiger partial charge in [0.15, 0.2) is 0 Å².